The van der Waals surface area contributed by atoms with Crippen molar-refractivity contribution in [3.63, 3.8) is 0 Å². The molecule has 2 aromatic carbocycles. The molecule has 0 aliphatic rings. The van der Waals surface area contributed by atoms with Gasteiger partial charge in [-0.3, -0.25) is 0 Å². The number of hydrogen-bond acceptors (Lipinski definition) is 7. The van der Waals surface area contributed by atoms with Crippen LogP contribution in [0.4, 0.5) is 22.0 Å². The maximum atomic E-state index is 14.5. The fourth-order valence-electron chi connectivity index (χ4n) is 2.73. The van der Waals surface area contributed by atoms with E-state index in [0.717, 1.165) is 11.1 Å². The summed E-state index contributed by atoms with van der Waals surface area (Å²) in [6.45, 7) is 2.00. The Morgan fingerprint density at radius 1 is 0.969 bits per heavy atom. The summed E-state index contributed by atoms with van der Waals surface area (Å²) in [4.78, 5) is 16.8. The molecule has 7 nitrogen and oxygen atoms in total. The van der Waals surface area contributed by atoms with Gasteiger partial charge in [-0.05, 0) is 36.8 Å². The maximum Gasteiger partial charge on any atom is 0.248 e. The van der Waals surface area contributed by atoms with Gasteiger partial charge < -0.3 is 5.32 Å². The van der Waals surface area contributed by atoms with Crippen LogP contribution in [0.3, 0.4) is 0 Å². The molecule has 2 N–H and O–H groups in total. The fraction of sp³-hybridized carbons (Fsp3) is 0.0455. The molecule has 0 radical (unpaired) electrons. The minimum atomic E-state index is -0.560. The van der Waals surface area contributed by atoms with Crippen molar-refractivity contribution in [1.82, 2.24) is 19.9 Å². The first kappa shape index (κ1) is 21.6. The predicted octanol–water partition coefficient (Wildman–Crippen LogP) is 5.88. The molecule has 0 unspecified atom stereocenters. The van der Waals surface area contributed by atoms with Gasteiger partial charge in [0.15, 0.2) is 5.82 Å². The first-order chi connectivity index (χ1) is 15.5. The SMILES string of the molecule is Cc1ccc(/C=N/Nc2nc(Nc3ccnc(Cl)c3)nc(-c3c(F)cccc3Cl)n2)cc1. The number of hydrazone groups is 1. The lowest BCUT2D eigenvalue weighted by Gasteiger charge is -2.10. The first-order valence-corrected chi connectivity index (χ1v) is 10.2. The van der Waals surface area contributed by atoms with Crippen LogP contribution in [0.2, 0.25) is 10.2 Å². The second-order valence-corrected chi connectivity index (χ2v) is 7.47. The molecule has 4 aromatic rings. The lowest BCUT2D eigenvalue weighted by Crippen LogP contribution is -2.06. The molecule has 0 aliphatic carbocycles. The number of anilines is 3. The van der Waals surface area contributed by atoms with Gasteiger partial charge in [-0.2, -0.15) is 20.1 Å². The summed E-state index contributed by atoms with van der Waals surface area (Å²) >= 11 is 12.2. The van der Waals surface area contributed by atoms with Gasteiger partial charge in [-0.15, -0.1) is 0 Å². The topological polar surface area (TPSA) is 88.0 Å². The van der Waals surface area contributed by atoms with Crippen LogP contribution in [-0.2, 0) is 0 Å². The summed E-state index contributed by atoms with van der Waals surface area (Å²) in [6, 6.07) is 15.4. The monoisotopic (exact) mass is 467 g/mol. The Hall–Kier alpha value is -3.62. The molecule has 0 atom stereocenters. The molecule has 0 fully saturated rings. The number of halogens is 3. The third kappa shape index (κ3) is 5.35. The quantitative estimate of drug-likeness (QED) is 0.209. The van der Waals surface area contributed by atoms with E-state index in [2.05, 4.69) is 35.8 Å². The molecule has 0 aliphatic heterocycles. The van der Waals surface area contributed by atoms with Crippen molar-refractivity contribution >= 4 is 47.0 Å². The van der Waals surface area contributed by atoms with Crippen molar-refractivity contribution in [2.45, 2.75) is 6.92 Å². The average Bonchev–Trinajstić information content (AvgIpc) is 2.75. The summed E-state index contributed by atoms with van der Waals surface area (Å²) in [6.07, 6.45) is 3.15. The van der Waals surface area contributed by atoms with Crippen LogP contribution in [0.1, 0.15) is 11.1 Å². The van der Waals surface area contributed by atoms with Crippen LogP contribution in [0.5, 0.6) is 0 Å². The van der Waals surface area contributed by atoms with Gasteiger partial charge in [0.2, 0.25) is 11.9 Å². The van der Waals surface area contributed by atoms with Gasteiger partial charge in [-0.25, -0.2) is 14.8 Å². The molecule has 0 saturated heterocycles. The van der Waals surface area contributed by atoms with Crippen molar-refractivity contribution in [2.75, 3.05) is 10.7 Å². The number of hydrogen-bond donors (Lipinski definition) is 2. The molecule has 2 aromatic heterocycles. The third-order valence-electron chi connectivity index (χ3n) is 4.26. The molecule has 4 rings (SSSR count). The second kappa shape index (κ2) is 9.67. The molecule has 0 spiro atoms. The van der Waals surface area contributed by atoms with Crippen molar-refractivity contribution in [1.29, 1.82) is 0 Å². The van der Waals surface area contributed by atoms with Gasteiger partial charge >= 0.3 is 0 Å². The van der Waals surface area contributed by atoms with Crippen LogP contribution >= 0.6 is 23.2 Å². The van der Waals surface area contributed by atoms with Crippen molar-refractivity contribution in [3.05, 3.63) is 87.9 Å². The minimum absolute atomic E-state index is 0.0405. The summed E-state index contributed by atoms with van der Waals surface area (Å²) in [5, 5.41) is 7.64. The average molecular weight is 468 g/mol. The number of pyridine rings is 1. The van der Waals surface area contributed by atoms with Crippen molar-refractivity contribution in [2.24, 2.45) is 5.10 Å². The Morgan fingerprint density at radius 2 is 1.75 bits per heavy atom. The van der Waals surface area contributed by atoms with Gasteiger partial charge in [-0.1, -0.05) is 59.1 Å². The molecular formula is C22H16Cl2FN7. The van der Waals surface area contributed by atoms with E-state index in [9.17, 15) is 4.39 Å². The highest BCUT2D eigenvalue weighted by Gasteiger charge is 2.16. The third-order valence-corrected chi connectivity index (χ3v) is 4.78. The Morgan fingerprint density at radius 3 is 2.50 bits per heavy atom. The first-order valence-electron chi connectivity index (χ1n) is 9.43. The zero-order valence-electron chi connectivity index (χ0n) is 16.7. The molecule has 0 amide bonds. The Kier molecular flexibility index (Phi) is 6.53. The highest BCUT2D eigenvalue weighted by Crippen LogP contribution is 2.29. The Bertz CT molecular complexity index is 1260. The molecule has 32 heavy (non-hydrogen) atoms. The molecule has 160 valence electrons. The number of nitrogens with one attached hydrogen (secondary N) is 2. The highest BCUT2D eigenvalue weighted by atomic mass is 35.5. The molecule has 0 bridgehead atoms. The maximum absolute atomic E-state index is 14.5. The van der Waals surface area contributed by atoms with Crippen LogP contribution in [-0.4, -0.2) is 26.2 Å². The van der Waals surface area contributed by atoms with Crippen LogP contribution in [0, 0.1) is 12.7 Å². The lowest BCUT2D eigenvalue weighted by molar-refractivity contribution is 0.630. The molecular weight excluding hydrogens is 452 g/mol. The van der Waals surface area contributed by atoms with Gasteiger partial charge in [0, 0.05) is 11.9 Å². The van der Waals surface area contributed by atoms with Crippen LogP contribution in [0.15, 0.2) is 65.9 Å². The van der Waals surface area contributed by atoms with E-state index in [1.54, 1.807) is 24.4 Å². The number of aromatic nitrogens is 4. The van der Waals surface area contributed by atoms with E-state index in [4.69, 9.17) is 23.2 Å². The number of aryl methyl sites for hydroxylation is 1. The van der Waals surface area contributed by atoms with Gasteiger partial charge in [0.25, 0.3) is 0 Å². The van der Waals surface area contributed by atoms with Crippen molar-refractivity contribution in [3.8, 4) is 11.4 Å². The van der Waals surface area contributed by atoms with Gasteiger partial charge in [0.1, 0.15) is 11.0 Å². The summed E-state index contributed by atoms with van der Waals surface area (Å²) < 4.78 is 14.5. The van der Waals surface area contributed by atoms with Crippen molar-refractivity contribution < 1.29 is 4.39 Å². The Balaban J connectivity index is 1.69. The second-order valence-electron chi connectivity index (χ2n) is 6.68. The summed E-state index contributed by atoms with van der Waals surface area (Å²) in [5.74, 6) is -0.278. The summed E-state index contributed by atoms with van der Waals surface area (Å²) in [7, 11) is 0. The Labute approximate surface area is 193 Å². The van der Waals surface area contributed by atoms with E-state index in [1.807, 2.05) is 31.2 Å². The van der Waals surface area contributed by atoms with Crippen LogP contribution in [0.25, 0.3) is 11.4 Å². The van der Waals surface area contributed by atoms with E-state index >= 15 is 0 Å². The van der Waals surface area contributed by atoms with E-state index in [1.165, 1.54) is 18.3 Å². The van der Waals surface area contributed by atoms with E-state index in [0.29, 0.717) is 10.8 Å². The zero-order chi connectivity index (χ0) is 22.5. The molecule has 10 heteroatoms. The molecule has 2 heterocycles. The predicted molar refractivity (Wildman–Crippen MR) is 125 cm³/mol. The molecule has 0 saturated carbocycles. The lowest BCUT2D eigenvalue weighted by atomic mass is 10.2. The largest absolute Gasteiger partial charge is 0.324 e. The minimum Gasteiger partial charge on any atom is -0.324 e. The summed E-state index contributed by atoms with van der Waals surface area (Å²) in [5.41, 5.74) is 5.44. The standard InChI is InChI=1S/C22H16Cl2FN7/c1-13-5-7-14(8-6-13)12-27-32-22-30-20(19-16(23)3-2-4-17(19)25)29-21(31-22)28-15-9-10-26-18(24)11-15/h2-12H,1H3,(H2,26,28,29,30,31,32)/b27-12+. The van der Waals surface area contributed by atoms with Crippen LogP contribution < -0.4 is 10.7 Å². The van der Waals surface area contributed by atoms with E-state index in [-0.39, 0.29) is 28.3 Å². The fourth-order valence-corrected chi connectivity index (χ4v) is 3.15. The number of nitrogens with zero attached hydrogens (tertiary/aromatic N) is 5. The highest BCUT2D eigenvalue weighted by molar-refractivity contribution is 6.33. The zero-order valence-corrected chi connectivity index (χ0v) is 18.2. The number of rotatable bonds is 6. The smallest absolute Gasteiger partial charge is 0.248 e. The van der Waals surface area contributed by atoms with Gasteiger partial charge in [0.05, 0.1) is 16.8 Å². The normalized spacial score (nSPS) is 11.0. The van der Waals surface area contributed by atoms with E-state index < -0.39 is 5.82 Å². The number of benzene rings is 2.